The molecule has 0 saturated carbocycles. The summed E-state index contributed by atoms with van der Waals surface area (Å²) in [6.45, 7) is 0.574. The van der Waals surface area contributed by atoms with E-state index in [0.717, 1.165) is 4.90 Å². The normalized spacial score (nSPS) is 21.1. The molecule has 1 saturated heterocycles. The number of urea groups is 1. The van der Waals surface area contributed by atoms with E-state index >= 15 is 0 Å². The van der Waals surface area contributed by atoms with Gasteiger partial charge in [-0.1, -0.05) is 0 Å². The van der Waals surface area contributed by atoms with Crippen LogP contribution in [0.2, 0.25) is 0 Å². The van der Waals surface area contributed by atoms with Crippen molar-refractivity contribution in [3.05, 3.63) is 0 Å². The number of nitrogens with zero attached hydrogens (tertiary/aromatic N) is 1. The number of alkyl halides is 2. The van der Waals surface area contributed by atoms with Gasteiger partial charge in [-0.3, -0.25) is 4.79 Å². The van der Waals surface area contributed by atoms with Crippen molar-refractivity contribution >= 4 is 12.0 Å². The molecule has 86 valence electrons. The van der Waals surface area contributed by atoms with Crippen LogP contribution in [0.5, 0.6) is 0 Å². The van der Waals surface area contributed by atoms with E-state index in [-0.39, 0.29) is 13.0 Å². The Hall–Kier alpha value is -1.40. The number of likely N-dealkylation sites (tertiary alicyclic amines) is 1. The van der Waals surface area contributed by atoms with E-state index in [1.54, 1.807) is 0 Å². The zero-order chi connectivity index (χ0) is 11.6. The standard InChI is InChI=1S/C8H12F2N2O3/c1-5(6(13)14)11-7(15)12-3-2-8(9,10)4-12/h5H,2-4H2,1H3,(H,11,15)(H,13,14). The number of carbonyl (C=O) groups excluding carboxylic acids is 1. The lowest BCUT2D eigenvalue weighted by molar-refractivity contribution is -0.138. The lowest BCUT2D eigenvalue weighted by Crippen LogP contribution is -2.46. The van der Waals surface area contributed by atoms with Crippen molar-refractivity contribution < 1.29 is 23.5 Å². The number of carboxylic acid groups (broad SMARTS) is 1. The van der Waals surface area contributed by atoms with Crippen molar-refractivity contribution in [1.29, 1.82) is 0 Å². The molecule has 1 aliphatic heterocycles. The highest BCUT2D eigenvalue weighted by atomic mass is 19.3. The number of amides is 2. The van der Waals surface area contributed by atoms with Crippen LogP contribution in [-0.2, 0) is 4.79 Å². The number of aliphatic carboxylic acids is 1. The molecule has 0 aromatic rings. The number of hydrogen-bond acceptors (Lipinski definition) is 2. The Morgan fingerprint density at radius 1 is 1.53 bits per heavy atom. The largest absolute Gasteiger partial charge is 0.480 e. The van der Waals surface area contributed by atoms with E-state index in [0.29, 0.717) is 0 Å². The lowest BCUT2D eigenvalue weighted by atomic mass is 10.3. The fraction of sp³-hybridized carbons (Fsp3) is 0.750. The molecule has 15 heavy (non-hydrogen) atoms. The van der Waals surface area contributed by atoms with Gasteiger partial charge < -0.3 is 15.3 Å². The van der Waals surface area contributed by atoms with Gasteiger partial charge >= 0.3 is 12.0 Å². The minimum Gasteiger partial charge on any atom is -0.480 e. The van der Waals surface area contributed by atoms with Crippen LogP contribution >= 0.6 is 0 Å². The predicted molar refractivity (Wildman–Crippen MR) is 46.8 cm³/mol. The van der Waals surface area contributed by atoms with Gasteiger partial charge in [0.25, 0.3) is 5.92 Å². The molecule has 0 radical (unpaired) electrons. The van der Waals surface area contributed by atoms with Gasteiger partial charge in [0.15, 0.2) is 0 Å². The summed E-state index contributed by atoms with van der Waals surface area (Å²) in [6.07, 6.45) is -0.373. The molecule has 0 aromatic heterocycles. The van der Waals surface area contributed by atoms with Gasteiger partial charge in [0.2, 0.25) is 0 Å². The summed E-state index contributed by atoms with van der Waals surface area (Å²) in [7, 11) is 0. The van der Waals surface area contributed by atoms with Gasteiger partial charge in [0, 0.05) is 13.0 Å². The number of carbonyl (C=O) groups is 2. The topological polar surface area (TPSA) is 69.6 Å². The fourth-order valence-electron chi connectivity index (χ4n) is 1.25. The SMILES string of the molecule is CC(NC(=O)N1CCC(F)(F)C1)C(=O)O. The van der Waals surface area contributed by atoms with E-state index in [1.807, 2.05) is 0 Å². The minimum atomic E-state index is -2.86. The zero-order valence-electron chi connectivity index (χ0n) is 8.17. The van der Waals surface area contributed by atoms with Gasteiger partial charge in [-0.2, -0.15) is 0 Å². The first-order valence-electron chi connectivity index (χ1n) is 4.48. The van der Waals surface area contributed by atoms with Crippen LogP contribution in [0.25, 0.3) is 0 Å². The van der Waals surface area contributed by atoms with Crippen LogP contribution in [-0.4, -0.2) is 47.1 Å². The number of hydrogen-bond donors (Lipinski definition) is 2. The van der Waals surface area contributed by atoms with Crippen LogP contribution < -0.4 is 5.32 Å². The van der Waals surface area contributed by atoms with Gasteiger partial charge in [-0.05, 0) is 6.92 Å². The van der Waals surface area contributed by atoms with Crippen molar-refractivity contribution in [1.82, 2.24) is 10.2 Å². The second kappa shape index (κ2) is 4.00. The average Bonchev–Trinajstić information content (AvgIpc) is 2.45. The van der Waals surface area contributed by atoms with Crippen LogP contribution in [0, 0.1) is 0 Å². The molecule has 1 rings (SSSR count). The quantitative estimate of drug-likeness (QED) is 0.715. The summed E-state index contributed by atoms with van der Waals surface area (Å²) in [5.74, 6) is -4.06. The van der Waals surface area contributed by atoms with Gasteiger partial charge in [0.1, 0.15) is 6.04 Å². The van der Waals surface area contributed by atoms with E-state index in [2.05, 4.69) is 5.32 Å². The van der Waals surface area contributed by atoms with Gasteiger partial charge in [-0.25, -0.2) is 13.6 Å². The molecule has 1 heterocycles. The molecular formula is C8H12F2N2O3. The summed E-state index contributed by atoms with van der Waals surface area (Å²) in [5, 5.41) is 10.6. The monoisotopic (exact) mass is 222 g/mol. The Morgan fingerprint density at radius 3 is 2.53 bits per heavy atom. The fourth-order valence-corrected chi connectivity index (χ4v) is 1.25. The molecule has 7 heteroatoms. The Bertz CT molecular complexity index is 283. The van der Waals surface area contributed by atoms with Gasteiger partial charge in [0.05, 0.1) is 6.54 Å². The third-order valence-electron chi connectivity index (χ3n) is 2.17. The zero-order valence-corrected chi connectivity index (χ0v) is 8.17. The van der Waals surface area contributed by atoms with Crippen molar-refractivity contribution in [2.45, 2.75) is 25.3 Å². The molecule has 0 spiro atoms. The summed E-state index contributed by atoms with van der Waals surface area (Å²) >= 11 is 0. The first-order chi connectivity index (χ1) is 6.82. The molecule has 1 unspecified atom stereocenters. The van der Waals surface area contributed by atoms with E-state index in [1.165, 1.54) is 6.92 Å². The first-order valence-corrected chi connectivity index (χ1v) is 4.48. The maximum absolute atomic E-state index is 12.7. The minimum absolute atomic E-state index is 0.0504. The Labute approximate surface area is 85.0 Å². The summed E-state index contributed by atoms with van der Waals surface area (Å²) in [4.78, 5) is 22.6. The highest BCUT2D eigenvalue weighted by Gasteiger charge is 2.40. The Morgan fingerprint density at radius 2 is 2.13 bits per heavy atom. The number of rotatable bonds is 2. The molecule has 0 bridgehead atoms. The summed E-state index contributed by atoms with van der Waals surface area (Å²) in [5.41, 5.74) is 0. The molecular weight excluding hydrogens is 210 g/mol. The average molecular weight is 222 g/mol. The molecule has 2 amide bonds. The second-order valence-corrected chi connectivity index (χ2v) is 3.54. The smallest absolute Gasteiger partial charge is 0.325 e. The number of nitrogens with one attached hydrogen (secondary N) is 1. The maximum atomic E-state index is 12.7. The molecule has 5 nitrogen and oxygen atoms in total. The van der Waals surface area contributed by atoms with Gasteiger partial charge in [-0.15, -0.1) is 0 Å². The number of halogens is 2. The first kappa shape index (κ1) is 11.7. The number of carboxylic acids is 1. The summed E-state index contributed by atoms with van der Waals surface area (Å²) < 4.78 is 25.4. The molecule has 2 N–H and O–H groups in total. The van der Waals surface area contributed by atoms with Crippen LogP contribution in [0.4, 0.5) is 13.6 Å². The van der Waals surface area contributed by atoms with Crippen molar-refractivity contribution in [3.8, 4) is 0 Å². The van der Waals surface area contributed by atoms with E-state index in [9.17, 15) is 18.4 Å². The Kier molecular flexibility index (Phi) is 3.11. The summed E-state index contributed by atoms with van der Waals surface area (Å²) in [6, 6.07) is -1.84. The second-order valence-electron chi connectivity index (χ2n) is 3.54. The predicted octanol–water partition coefficient (Wildman–Crippen LogP) is 0.510. The highest BCUT2D eigenvalue weighted by Crippen LogP contribution is 2.26. The molecule has 1 fully saturated rings. The van der Waals surface area contributed by atoms with Crippen molar-refractivity contribution in [2.75, 3.05) is 13.1 Å². The third kappa shape index (κ3) is 3.03. The Balaban J connectivity index is 2.46. The maximum Gasteiger partial charge on any atom is 0.325 e. The van der Waals surface area contributed by atoms with Crippen molar-refractivity contribution in [2.24, 2.45) is 0 Å². The van der Waals surface area contributed by atoms with E-state index in [4.69, 9.17) is 5.11 Å². The van der Waals surface area contributed by atoms with E-state index < -0.39 is 30.5 Å². The van der Waals surface area contributed by atoms with Crippen LogP contribution in [0.3, 0.4) is 0 Å². The van der Waals surface area contributed by atoms with Crippen LogP contribution in [0.15, 0.2) is 0 Å². The third-order valence-corrected chi connectivity index (χ3v) is 2.17. The highest BCUT2D eigenvalue weighted by molar-refractivity contribution is 5.82. The molecule has 0 aliphatic carbocycles. The molecule has 1 atom stereocenters. The lowest BCUT2D eigenvalue weighted by Gasteiger charge is -2.18. The molecule has 1 aliphatic rings. The van der Waals surface area contributed by atoms with Crippen molar-refractivity contribution in [3.63, 3.8) is 0 Å². The van der Waals surface area contributed by atoms with Crippen LogP contribution in [0.1, 0.15) is 13.3 Å². The molecule has 0 aromatic carbocycles.